The molecule has 4 nitrogen and oxygen atoms in total. The molecule has 0 unspecified atom stereocenters. The number of methoxy groups -OCH3 is 1. The van der Waals surface area contributed by atoms with Gasteiger partial charge in [-0.1, -0.05) is 22.0 Å². The van der Waals surface area contributed by atoms with E-state index in [1.165, 1.54) is 0 Å². The molecule has 5 heteroatoms. The second-order valence-corrected chi connectivity index (χ2v) is 5.67. The number of amides is 1. The molecule has 0 bridgehead atoms. The van der Waals surface area contributed by atoms with Crippen molar-refractivity contribution < 1.29 is 14.3 Å². The van der Waals surface area contributed by atoms with Crippen molar-refractivity contribution in [3.63, 3.8) is 0 Å². The summed E-state index contributed by atoms with van der Waals surface area (Å²) < 4.78 is 11.1. The first kappa shape index (κ1) is 14.8. The van der Waals surface area contributed by atoms with Crippen molar-refractivity contribution in [2.45, 2.75) is 32.9 Å². The number of hydrogen-bond donors (Lipinski definition) is 1. The molecule has 0 aromatic heterocycles. The summed E-state index contributed by atoms with van der Waals surface area (Å²) in [5, 5.41) is 2.70. The first-order valence-electron chi connectivity index (χ1n) is 5.61. The molecule has 0 aliphatic heterocycles. The summed E-state index contributed by atoms with van der Waals surface area (Å²) in [5.74, 6) is 0.767. The smallest absolute Gasteiger partial charge is 0.407 e. The van der Waals surface area contributed by atoms with Gasteiger partial charge < -0.3 is 14.8 Å². The maximum Gasteiger partial charge on any atom is 0.407 e. The van der Waals surface area contributed by atoms with Crippen molar-refractivity contribution >= 4 is 22.0 Å². The number of alkyl carbamates (subject to hydrolysis) is 1. The van der Waals surface area contributed by atoms with Gasteiger partial charge in [0.15, 0.2) is 0 Å². The van der Waals surface area contributed by atoms with Gasteiger partial charge in [0, 0.05) is 11.0 Å². The molecule has 1 rings (SSSR count). The first-order chi connectivity index (χ1) is 8.31. The normalized spacial score (nSPS) is 10.9. The van der Waals surface area contributed by atoms with Crippen LogP contribution in [-0.2, 0) is 11.3 Å². The summed E-state index contributed by atoms with van der Waals surface area (Å²) in [6.45, 7) is 5.89. The molecular formula is C13H18BrNO3. The molecule has 18 heavy (non-hydrogen) atoms. The topological polar surface area (TPSA) is 47.6 Å². The van der Waals surface area contributed by atoms with Crippen molar-refractivity contribution in [2.24, 2.45) is 0 Å². The Morgan fingerprint density at radius 1 is 1.39 bits per heavy atom. The fourth-order valence-electron chi connectivity index (χ4n) is 1.28. The van der Waals surface area contributed by atoms with Crippen LogP contribution in [0.4, 0.5) is 4.79 Å². The number of nitrogens with one attached hydrogen (secondary N) is 1. The van der Waals surface area contributed by atoms with Gasteiger partial charge in [-0.05, 0) is 38.5 Å². The Hall–Kier alpha value is -1.23. The fourth-order valence-corrected chi connectivity index (χ4v) is 1.78. The zero-order valence-corrected chi connectivity index (χ0v) is 12.6. The molecule has 100 valence electrons. The Morgan fingerprint density at radius 3 is 2.56 bits per heavy atom. The minimum Gasteiger partial charge on any atom is -0.497 e. The lowest BCUT2D eigenvalue weighted by atomic mass is 10.2. The van der Waals surface area contributed by atoms with Gasteiger partial charge in [-0.15, -0.1) is 0 Å². The molecule has 0 aliphatic rings. The van der Waals surface area contributed by atoms with Gasteiger partial charge in [-0.25, -0.2) is 4.79 Å². The van der Waals surface area contributed by atoms with Crippen LogP contribution in [0.2, 0.25) is 0 Å². The molecule has 0 fully saturated rings. The number of carbonyl (C=O) groups excluding carboxylic acids is 1. The van der Waals surface area contributed by atoms with E-state index in [9.17, 15) is 4.79 Å². The van der Waals surface area contributed by atoms with E-state index in [1.54, 1.807) is 7.11 Å². The van der Waals surface area contributed by atoms with E-state index < -0.39 is 11.7 Å². The zero-order chi connectivity index (χ0) is 13.8. The third-order valence-corrected chi connectivity index (χ3v) is 2.82. The molecule has 1 N–H and O–H groups in total. The van der Waals surface area contributed by atoms with Crippen LogP contribution >= 0.6 is 15.9 Å². The summed E-state index contributed by atoms with van der Waals surface area (Å²) in [4.78, 5) is 11.5. The van der Waals surface area contributed by atoms with Gasteiger partial charge in [0.1, 0.15) is 11.4 Å². The highest BCUT2D eigenvalue weighted by molar-refractivity contribution is 9.10. The van der Waals surface area contributed by atoms with Gasteiger partial charge in [-0.2, -0.15) is 0 Å². The predicted molar refractivity (Wildman–Crippen MR) is 73.8 cm³/mol. The van der Waals surface area contributed by atoms with Crippen molar-refractivity contribution in [2.75, 3.05) is 7.11 Å². The van der Waals surface area contributed by atoms with Gasteiger partial charge in [0.2, 0.25) is 0 Å². The van der Waals surface area contributed by atoms with Crippen LogP contribution in [0.15, 0.2) is 22.7 Å². The summed E-state index contributed by atoms with van der Waals surface area (Å²) in [6, 6.07) is 5.59. The SMILES string of the molecule is COc1ccc(CNC(=O)OC(C)(C)C)c(Br)c1. The van der Waals surface area contributed by atoms with Crippen molar-refractivity contribution in [1.82, 2.24) is 5.32 Å². The van der Waals surface area contributed by atoms with E-state index in [2.05, 4.69) is 21.2 Å². The molecule has 0 aliphatic carbocycles. The number of benzene rings is 1. The Bertz CT molecular complexity index is 427. The second kappa shape index (κ2) is 6.09. The monoisotopic (exact) mass is 315 g/mol. The highest BCUT2D eigenvalue weighted by Crippen LogP contribution is 2.22. The predicted octanol–water partition coefficient (Wildman–Crippen LogP) is 3.48. The average molecular weight is 316 g/mol. The Kier molecular flexibility index (Phi) is 5.02. The van der Waals surface area contributed by atoms with Gasteiger partial charge in [0.05, 0.1) is 7.11 Å². The lowest BCUT2D eigenvalue weighted by Crippen LogP contribution is -2.32. The van der Waals surface area contributed by atoms with Crippen LogP contribution in [0.25, 0.3) is 0 Å². The van der Waals surface area contributed by atoms with E-state index in [0.29, 0.717) is 6.54 Å². The molecule has 1 amide bonds. The second-order valence-electron chi connectivity index (χ2n) is 4.81. The van der Waals surface area contributed by atoms with Gasteiger partial charge >= 0.3 is 6.09 Å². The number of hydrogen-bond acceptors (Lipinski definition) is 3. The molecule has 1 aromatic rings. The molecule has 0 heterocycles. The third-order valence-electron chi connectivity index (χ3n) is 2.08. The third kappa shape index (κ3) is 4.96. The van der Waals surface area contributed by atoms with Crippen LogP contribution in [0, 0.1) is 0 Å². The highest BCUT2D eigenvalue weighted by Gasteiger charge is 2.15. The standard InChI is InChI=1S/C13H18BrNO3/c1-13(2,3)18-12(16)15-8-9-5-6-10(17-4)7-11(9)14/h5-7H,8H2,1-4H3,(H,15,16). The zero-order valence-electron chi connectivity index (χ0n) is 11.0. The summed E-state index contributed by atoms with van der Waals surface area (Å²) in [6.07, 6.45) is -0.426. The molecule has 0 spiro atoms. The van der Waals surface area contributed by atoms with Crippen molar-refractivity contribution in [3.05, 3.63) is 28.2 Å². The van der Waals surface area contributed by atoms with Crippen LogP contribution in [0.3, 0.4) is 0 Å². The van der Waals surface area contributed by atoms with E-state index in [1.807, 2.05) is 39.0 Å². The molecule has 0 atom stereocenters. The molecular weight excluding hydrogens is 298 g/mol. The molecule has 1 aromatic carbocycles. The maximum absolute atomic E-state index is 11.5. The molecule has 0 saturated heterocycles. The van der Waals surface area contributed by atoms with E-state index >= 15 is 0 Å². The quantitative estimate of drug-likeness (QED) is 0.929. The highest BCUT2D eigenvalue weighted by atomic mass is 79.9. The number of halogens is 1. The molecule has 0 radical (unpaired) electrons. The minimum atomic E-state index is -0.485. The van der Waals surface area contributed by atoms with Crippen LogP contribution < -0.4 is 10.1 Å². The Morgan fingerprint density at radius 2 is 2.06 bits per heavy atom. The largest absolute Gasteiger partial charge is 0.497 e. The first-order valence-corrected chi connectivity index (χ1v) is 6.40. The number of carbonyl (C=O) groups is 1. The van der Waals surface area contributed by atoms with E-state index in [0.717, 1.165) is 15.8 Å². The number of ether oxygens (including phenoxy) is 2. The Balaban J connectivity index is 2.56. The van der Waals surface area contributed by atoms with Gasteiger partial charge in [0.25, 0.3) is 0 Å². The van der Waals surface area contributed by atoms with Crippen molar-refractivity contribution in [3.8, 4) is 5.75 Å². The lowest BCUT2D eigenvalue weighted by molar-refractivity contribution is 0.0523. The van der Waals surface area contributed by atoms with Crippen LogP contribution in [-0.4, -0.2) is 18.8 Å². The maximum atomic E-state index is 11.5. The molecule has 0 saturated carbocycles. The van der Waals surface area contributed by atoms with Crippen molar-refractivity contribution in [1.29, 1.82) is 0 Å². The summed E-state index contributed by atoms with van der Waals surface area (Å²) >= 11 is 3.43. The van der Waals surface area contributed by atoms with E-state index in [4.69, 9.17) is 9.47 Å². The lowest BCUT2D eigenvalue weighted by Gasteiger charge is -2.19. The fraction of sp³-hybridized carbons (Fsp3) is 0.462. The summed E-state index contributed by atoms with van der Waals surface area (Å²) in [5.41, 5.74) is 0.475. The average Bonchev–Trinajstić information content (AvgIpc) is 2.25. The van der Waals surface area contributed by atoms with Crippen LogP contribution in [0.5, 0.6) is 5.75 Å². The van der Waals surface area contributed by atoms with Gasteiger partial charge in [-0.3, -0.25) is 0 Å². The summed E-state index contributed by atoms with van der Waals surface area (Å²) in [7, 11) is 1.61. The van der Waals surface area contributed by atoms with Crippen LogP contribution in [0.1, 0.15) is 26.3 Å². The number of rotatable bonds is 3. The minimum absolute atomic E-state index is 0.402. The Labute approximate surface area is 116 Å². The van der Waals surface area contributed by atoms with E-state index in [-0.39, 0.29) is 0 Å².